The van der Waals surface area contributed by atoms with Crippen LogP contribution in [0.25, 0.3) is 0 Å². The van der Waals surface area contributed by atoms with Gasteiger partial charge in [-0.1, -0.05) is 51.5 Å². The van der Waals surface area contributed by atoms with Crippen molar-refractivity contribution in [3.05, 3.63) is 23.8 Å². The Hall–Kier alpha value is -1.51. The van der Waals surface area contributed by atoms with Gasteiger partial charge in [0.2, 0.25) is 0 Å². The number of ether oxygens (including phenoxy) is 1. The van der Waals surface area contributed by atoms with Crippen LogP contribution in [0.1, 0.15) is 68.6 Å². The minimum absolute atomic E-state index is 0.120. The number of para-hydroxylation sites is 1. The summed E-state index contributed by atoms with van der Waals surface area (Å²) in [5, 5.41) is 0. The van der Waals surface area contributed by atoms with E-state index in [4.69, 9.17) is 10.5 Å². The zero-order chi connectivity index (χ0) is 14.8. The van der Waals surface area contributed by atoms with Gasteiger partial charge in [-0.15, -0.1) is 0 Å². The van der Waals surface area contributed by atoms with Gasteiger partial charge in [0.05, 0.1) is 12.8 Å². The van der Waals surface area contributed by atoms with E-state index in [2.05, 4.69) is 6.92 Å². The van der Waals surface area contributed by atoms with Crippen molar-refractivity contribution in [2.45, 2.75) is 58.3 Å². The fourth-order valence-electron chi connectivity index (χ4n) is 2.34. The van der Waals surface area contributed by atoms with Gasteiger partial charge in [-0.2, -0.15) is 0 Å². The number of rotatable bonds is 10. The lowest BCUT2D eigenvalue weighted by Crippen LogP contribution is -2.05. The Kier molecular flexibility index (Phi) is 7.78. The summed E-state index contributed by atoms with van der Waals surface area (Å²) in [5.74, 6) is 0.699. The highest BCUT2D eigenvalue weighted by Gasteiger charge is 2.12. The molecule has 0 amide bonds. The Labute approximate surface area is 122 Å². The lowest BCUT2D eigenvalue weighted by atomic mass is 10.0. The molecule has 2 N–H and O–H groups in total. The van der Waals surface area contributed by atoms with E-state index in [0.29, 0.717) is 23.4 Å². The average molecular weight is 277 g/mol. The number of nitrogen functional groups attached to an aromatic ring is 1. The highest BCUT2D eigenvalue weighted by Crippen LogP contribution is 2.26. The van der Waals surface area contributed by atoms with E-state index < -0.39 is 0 Å². The summed E-state index contributed by atoms with van der Waals surface area (Å²) >= 11 is 0. The van der Waals surface area contributed by atoms with Crippen molar-refractivity contribution in [1.29, 1.82) is 0 Å². The number of ketones is 1. The molecule has 112 valence electrons. The summed E-state index contributed by atoms with van der Waals surface area (Å²) in [4.78, 5) is 12.1. The quantitative estimate of drug-likeness (QED) is 0.386. The lowest BCUT2D eigenvalue weighted by Gasteiger charge is -2.09. The Morgan fingerprint density at radius 1 is 1.10 bits per heavy atom. The van der Waals surface area contributed by atoms with Gasteiger partial charge in [-0.3, -0.25) is 4.79 Å². The minimum atomic E-state index is 0.120. The minimum Gasteiger partial charge on any atom is -0.495 e. The molecule has 0 aromatic heterocycles. The van der Waals surface area contributed by atoms with Crippen molar-refractivity contribution in [3.8, 4) is 5.75 Å². The Morgan fingerprint density at radius 2 is 1.75 bits per heavy atom. The van der Waals surface area contributed by atoms with E-state index in [1.807, 2.05) is 6.07 Å². The van der Waals surface area contributed by atoms with Crippen molar-refractivity contribution in [3.63, 3.8) is 0 Å². The fourth-order valence-corrected chi connectivity index (χ4v) is 2.34. The predicted molar refractivity (Wildman–Crippen MR) is 84.3 cm³/mol. The van der Waals surface area contributed by atoms with E-state index in [0.717, 1.165) is 12.8 Å². The molecule has 0 aliphatic heterocycles. The SMILES string of the molecule is CCCCCCCCCC(=O)c1cccc(OC)c1N. The predicted octanol–water partition coefficient (Wildman–Crippen LogP) is 4.60. The molecule has 0 aliphatic carbocycles. The molecule has 0 spiro atoms. The summed E-state index contributed by atoms with van der Waals surface area (Å²) < 4.78 is 5.14. The standard InChI is InChI=1S/C17H27NO2/c1-3-4-5-6-7-8-9-12-15(19)14-11-10-13-16(20-2)17(14)18/h10-11,13H,3-9,12,18H2,1-2H3. The summed E-state index contributed by atoms with van der Waals surface area (Å²) in [6.45, 7) is 2.22. The second-order valence-corrected chi connectivity index (χ2v) is 5.22. The first kappa shape index (κ1) is 16.5. The third-order valence-electron chi connectivity index (χ3n) is 3.59. The lowest BCUT2D eigenvalue weighted by molar-refractivity contribution is 0.0979. The molecule has 0 saturated carbocycles. The molecule has 0 aliphatic rings. The maximum absolute atomic E-state index is 12.1. The van der Waals surface area contributed by atoms with Gasteiger partial charge in [0, 0.05) is 12.0 Å². The van der Waals surface area contributed by atoms with Gasteiger partial charge in [0.25, 0.3) is 0 Å². The molecule has 20 heavy (non-hydrogen) atoms. The molecule has 0 bridgehead atoms. The van der Waals surface area contributed by atoms with Gasteiger partial charge < -0.3 is 10.5 Å². The largest absolute Gasteiger partial charge is 0.495 e. The van der Waals surface area contributed by atoms with Gasteiger partial charge >= 0.3 is 0 Å². The molecule has 1 rings (SSSR count). The molecule has 1 aromatic carbocycles. The highest BCUT2D eigenvalue weighted by atomic mass is 16.5. The maximum atomic E-state index is 12.1. The van der Waals surface area contributed by atoms with Crippen LogP contribution in [0.15, 0.2) is 18.2 Å². The number of benzene rings is 1. The van der Waals surface area contributed by atoms with E-state index in [1.54, 1.807) is 19.2 Å². The molecule has 0 atom stereocenters. The number of hydrogen-bond donors (Lipinski definition) is 1. The molecule has 0 unspecified atom stereocenters. The van der Waals surface area contributed by atoms with Gasteiger partial charge in [-0.25, -0.2) is 0 Å². The second kappa shape index (κ2) is 9.40. The van der Waals surface area contributed by atoms with E-state index in [1.165, 1.54) is 32.1 Å². The summed E-state index contributed by atoms with van der Waals surface area (Å²) in [7, 11) is 1.57. The number of anilines is 1. The zero-order valence-electron chi connectivity index (χ0n) is 12.8. The highest BCUT2D eigenvalue weighted by molar-refractivity contribution is 6.01. The normalized spacial score (nSPS) is 10.5. The Balaban J connectivity index is 2.33. The van der Waals surface area contributed by atoms with E-state index in [9.17, 15) is 4.79 Å². The number of carbonyl (C=O) groups is 1. The van der Waals surface area contributed by atoms with Crippen LogP contribution < -0.4 is 10.5 Å². The van der Waals surface area contributed by atoms with Crippen molar-refractivity contribution < 1.29 is 9.53 Å². The first-order valence-corrected chi connectivity index (χ1v) is 7.66. The molecule has 0 radical (unpaired) electrons. The number of nitrogens with two attached hydrogens (primary N) is 1. The monoisotopic (exact) mass is 277 g/mol. The van der Waals surface area contributed by atoms with E-state index >= 15 is 0 Å². The van der Waals surface area contributed by atoms with Crippen LogP contribution in [0.4, 0.5) is 5.69 Å². The van der Waals surface area contributed by atoms with Crippen LogP contribution in [0.5, 0.6) is 5.75 Å². The Morgan fingerprint density at radius 3 is 2.40 bits per heavy atom. The third-order valence-corrected chi connectivity index (χ3v) is 3.59. The fraction of sp³-hybridized carbons (Fsp3) is 0.588. The van der Waals surface area contributed by atoms with Gasteiger partial charge in [0.15, 0.2) is 5.78 Å². The molecular weight excluding hydrogens is 250 g/mol. The van der Waals surface area contributed by atoms with Crippen LogP contribution in [-0.4, -0.2) is 12.9 Å². The van der Waals surface area contributed by atoms with Crippen LogP contribution in [0, 0.1) is 0 Å². The van der Waals surface area contributed by atoms with Crippen molar-refractivity contribution in [1.82, 2.24) is 0 Å². The molecule has 0 saturated heterocycles. The van der Waals surface area contributed by atoms with Crippen LogP contribution >= 0.6 is 0 Å². The van der Waals surface area contributed by atoms with Crippen molar-refractivity contribution in [2.75, 3.05) is 12.8 Å². The average Bonchev–Trinajstić information content (AvgIpc) is 2.46. The van der Waals surface area contributed by atoms with E-state index in [-0.39, 0.29) is 5.78 Å². The molecule has 0 fully saturated rings. The van der Waals surface area contributed by atoms with Crippen LogP contribution in [0.3, 0.4) is 0 Å². The molecule has 3 heteroatoms. The van der Waals surface area contributed by atoms with Crippen molar-refractivity contribution >= 4 is 11.5 Å². The van der Waals surface area contributed by atoms with Gasteiger partial charge in [0.1, 0.15) is 5.75 Å². The smallest absolute Gasteiger partial charge is 0.165 e. The molecule has 1 aromatic rings. The summed E-state index contributed by atoms with van der Waals surface area (Å²) in [6.07, 6.45) is 9.05. The molecule has 0 heterocycles. The van der Waals surface area contributed by atoms with Gasteiger partial charge in [-0.05, 0) is 18.6 Å². The number of carbonyl (C=O) groups excluding carboxylic acids is 1. The Bertz CT molecular complexity index is 415. The number of hydrogen-bond acceptors (Lipinski definition) is 3. The van der Waals surface area contributed by atoms with Crippen molar-refractivity contribution in [2.24, 2.45) is 0 Å². The molecule has 3 nitrogen and oxygen atoms in total. The summed E-state index contributed by atoms with van der Waals surface area (Å²) in [5.41, 5.74) is 6.99. The van der Waals surface area contributed by atoms with Crippen LogP contribution in [0.2, 0.25) is 0 Å². The molecular formula is C17H27NO2. The topological polar surface area (TPSA) is 52.3 Å². The first-order chi connectivity index (χ1) is 9.70. The third kappa shape index (κ3) is 5.24. The zero-order valence-corrected chi connectivity index (χ0v) is 12.8. The number of unbranched alkanes of at least 4 members (excludes halogenated alkanes) is 6. The number of Topliss-reactive ketones (excluding diaryl/α,β-unsaturated/α-hetero) is 1. The number of methoxy groups -OCH3 is 1. The summed E-state index contributed by atoms with van der Waals surface area (Å²) in [6, 6.07) is 5.37. The maximum Gasteiger partial charge on any atom is 0.165 e. The second-order valence-electron chi connectivity index (χ2n) is 5.22. The van der Waals surface area contributed by atoms with Crippen LogP contribution in [-0.2, 0) is 0 Å². The first-order valence-electron chi connectivity index (χ1n) is 7.66.